The van der Waals surface area contributed by atoms with Crippen LogP contribution >= 0.6 is 0 Å². The van der Waals surface area contributed by atoms with Gasteiger partial charge in [-0.05, 0) is 12.3 Å². The quantitative estimate of drug-likeness (QED) is 0.686. The van der Waals surface area contributed by atoms with Crippen LogP contribution < -0.4 is 5.73 Å². The van der Waals surface area contributed by atoms with Crippen molar-refractivity contribution in [3.8, 4) is 0 Å². The molecule has 1 fully saturated rings. The van der Waals surface area contributed by atoms with Crippen molar-refractivity contribution < 1.29 is 19.4 Å². The smallest absolute Gasteiger partial charge is 0.323 e. The lowest BCUT2D eigenvalue weighted by atomic mass is 9.87. The molecule has 0 aromatic carbocycles. The summed E-state index contributed by atoms with van der Waals surface area (Å²) in [5, 5.41) is 8.47. The second kappa shape index (κ2) is 7.27. The molecule has 1 saturated carbocycles. The van der Waals surface area contributed by atoms with Gasteiger partial charge in [0.25, 0.3) is 0 Å². The summed E-state index contributed by atoms with van der Waals surface area (Å²) in [7, 11) is 0. The molecule has 0 heterocycles. The molecule has 0 aromatic heterocycles. The monoisotopic (exact) mass is 243 g/mol. The Kier molecular flexibility index (Phi) is 5.97. The number of aliphatic carboxylic acids is 1. The number of ether oxygens (including phenoxy) is 1. The lowest BCUT2D eigenvalue weighted by Crippen LogP contribution is -2.34. The van der Waals surface area contributed by atoms with Gasteiger partial charge >= 0.3 is 11.9 Å². The van der Waals surface area contributed by atoms with Crippen molar-refractivity contribution >= 4 is 11.9 Å². The molecule has 5 nitrogen and oxygen atoms in total. The fraction of sp³-hybridized carbons (Fsp3) is 0.833. The van der Waals surface area contributed by atoms with E-state index in [-0.39, 0.29) is 6.42 Å². The second-order valence-corrected chi connectivity index (χ2v) is 4.66. The minimum atomic E-state index is -1.08. The van der Waals surface area contributed by atoms with E-state index in [1.165, 1.54) is 32.1 Å². The van der Waals surface area contributed by atoms with Crippen LogP contribution in [0.4, 0.5) is 0 Å². The molecule has 1 rings (SSSR count). The molecule has 0 amide bonds. The summed E-state index contributed by atoms with van der Waals surface area (Å²) in [6, 6.07) is -1.04. The topological polar surface area (TPSA) is 89.6 Å². The molecular formula is C12H21NO4. The van der Waals surface area contributed by atoms with Crippen LogP contribution in [0.25, 0.3) is 0 Å². The number of rotatable bonds is 6. The predicted octanol–water partition coefficient (Wildman–Crippen LogP) is 1.30. The highest BCUT2D eigenvalue weighted by molar-refractivity contribution is 5.81. The third-order valence-corrected chi connectivity index (χ3v) is 3.19. The van der Waals surface area contributed by atoms with Gasteiger partial charge in [0.05, 0.1) is 13.0 Å². The molecule has 0 bridgehead atoms. The molecule has 0 saturated heterocycles. The number of esters is 1. The van der Waals surface area contributed by atoms with Gasteiger partial charge in [-0.15, -0.1) is 0 Å². The van der Waals surface area contributed by atoms with E-state index < -0.39 is 18.0 Å². The molecule has 3 N–H and O–H groups in total. The zero-order valence-corrected chi connectivity index (χ0v) is 10.1. The summed E-state index contributed by atoms with van der Waals surface area (Å²) in [5.41, 5.74) is 5.38. The van der Waals surface area contributed by atoms with Crippen molar-refractivity contribution in [2.75, 3.05) is 6.61 Å². The Balaban J connectivity index is 2.12. The van der Waals surface area contributed by atoms with Crippen molar-refractivity contribution in [2.24, 2.45) is 11.7 Å². The van der Waals surface area contributed by atoms with E-state index in [1.807, 2.05) is 0 Å². The maximum atomic E-state index is 11.3. The Bertz CT molecular complexity index is 261. The molecule has 17 heavy (non-hydrogen) atoms. The average molecular weight is 243 g/mol. The van der Waals surface area contributed by atoms with Gasteiger partial charge in [-0.25, -0.2) is 0 Å². The van der Waals surface area contributed by atoms with E-state index in [4.69, 9.17) is 15.6 Å². The van der Waals surface area contributed by atoms with E-state index >= 15 is 0 Å². The first-order chi connectivity index (χ1) is 8.09. The summed E-state index contributed by atoms with van der Waals surface area (Å²) in [4.78, 5) is 21.7. The van der Waals surface area contributed by atoms with Crippen LogP contribution in [0.15, 0.2) is 0 Å². The minimum absolute atomic E-state index is 0.358. The first-order valence-corrected chi connectivity index (χ1v) is 6.23. The van der Waals surface area contributed by atoms with Crippen LogP contribution in [0.1, 0.15) is 44.9 Å². The molecule has 0 spiro atoms. The predicted molar refractivity (Wildman–Crippen MR) is 62.4 cm³/mol. The second-order valence-electron chi connectivity index (χ2n) is 4.66. The number of carbonyl (C=O) groups excluding carboxylic acids is 1. The third kappa shape index (κ3) is 5.68. The van der Waals surface area contributed by atoms with E-state index in [0.29, 0.717) is 12.5 Å². The number of hydrogen-bond acceptors (Lipinski definition) is 4. The van der Waals surface area contributed by atoms with Gasteiger partial charge in [0, 0.05) is 0 Å². The van der Waals surface area contributed by atoms with Gasteiger partial charge in [0.1, 0.15) is 6.04 Å². The molecule has 0 aliphatic heterocycles. The molecule has 0 aromatic rings. The van der Waals surface area contributed by atoms with Crippen molar-refractivity contribution in [1.29, 1.82) is 0 Å². The summed E-state index contributed by atoms with van der Waals surface area (Å²) in [6.07, 6.45) is 6.74. The lowest BCUT2D eigenvalue weighted by Gasteiger charge is -2.21. The molecule has 1 aliphatic rings. The number of hydrogen-bond donors (Lipinski definition) is 2. The minimum Gasteiger partial charge on any atom is -0.481 e. The summed E-state index contributed by atoms with van der Waals surface area (Å²) in [6.45, 7) is 0.358. The molecular weight excluding hydrogens is 222 g/mol. The number of carbonyl (C=O) groups is 2. The zero-order valence-electron chi connectivity index (χ0n) is 10.1. The van der Waals surface area contributed by atoms with Gasteiger partial charge < -0.3 is 15.6 Å². The van der Waals surface area contributed by atoms with E-state index in [2.05, 4.69) is 0 Å². The van der Waals surface area contributed by atoms with Crippen LogP contribution in [0.2, 0.25) is 0 Å². The number of carboxylic acid groups (broad SMARTS) is 1. The van der Waals surface area contributed by atoms with Gasteiger partial charge in [-0.3, -0.25) is 9.59 Å². The van der Waals surface area contributed by atoms with Crippen molar-refractivity contribution in [3.63, 3.8) is 0 Å². The summed E-state index contributed by atoms with van der Waals surface area (Å²) >= 11 is 0. The normalized spacial score (nSPS) is 18.6. The van der Waals surface area contributed by atoms with Gasteiger partial charge in [0.2, 0.25) is 0 Å². The van der Waals surface area contributed by atoms with E-state index in [0.717, 1.165) is 6.42 Å². The Hall–Kier alpha value is -1.10. The molecule has 5 heteroatoms. The molecule has 0 radical (unpaired) electrons. The van der Waals surface area contributed by atoms with Gasteiger partial charge in [-0.2, -0.15) is 0 Å². The van der Waals surface area contributed by atoms with Crippen LogP contribution in [0.5, 0.6) is 0 Å². The standard InChI is InChI=1S/C12H21NO4/c13-10(8-11(14)15)12(16)17-7-6-9-4-2-1-3-5-9/h9-10H,1-8,13H2,(H,14,15)/t10-/m0/s1. The first-order valence-electron chi connectivity index (χ1n) is 6.23. The number of carboxylic acids is 1. The zero-order chi connectivity index (χ0) is 12.7. The molecule has 1 atom stereocenters. The highest BCUT2D eigenvalue weighted by atomic mass is 16.5. The molecule has 0 unspecified atom stereocenters. The number of nitrogens with two attached hydrogens (primary N) is 1. The van der Waals surface area contributed by atoms with E-state index in [9.17, 15) is 9.59 Å². The maximum Gasteiger partial charge on any atom is 0.323 e. The van der Waals surface area contributed by atoms with E-state index in [1.54, 1.807) is 0 Å². The fourth-order valence-corrected chi connectivity index (χ4v) is 2.18. The van der Waals surface area contributed by atoms with Crippen LogP contribution in [-0.2, 0) is 14.3 Å². The van der Waals surface area contributed by atoms with Crippen molar-refractivity contribution in [3.05, 3.63) is 0 Å². The SMILES string of the molecule is N[C@@H](CC(=O)O)C(=O)OCCC1CCCCC1. The Morgan fingerprint density at radius 1 is 1.29 bits per heavy atom. The van der Waals surface area contributed by atoms with Crippen molar-refractivity contribution in [2.45, 2.75) is 51.0 Å². The van der Waals surface area contributed by atoms with Crippen LogP contribution in [-0.4, -0.2) is 29.7 Å². The summed E-state index contributed by atoms with van der Waals surface area (Å²) < 4.78 is 4.98. The summed E-state index contributed by atoms with van der Waals surface area (Å²) in [5.74, 6) is -1.04. The van der Waals surface area contributed by atoms with Crippen LogP contribution in [0.3, 0.4) is 0 Å². The molecule has 98 valence electrons. The van der Waals surface area contributed by atoms with Crippen molar-refractivity contribution in [1.82, 2.24) is 0 Å². The maximum absolute atomic E-state index is 11.3. The lowest BCUT2D eigenvalue weighted by molar-refractivity contribution is -0.149. The van der Waals surface area contributed by atoms with Gasteiger partial charge in [-0.1, -0.05) is 32.1 Å². The Morgan fingerprint density at radius 2 is 1.94 bits per heavy atom. The van der Waals surface area contributed by atoms with Gasteiger partial charge in [0.15, 0.2) is 0 Å². The average Bonchev–Trinajstić information content (AvgIpc) is 2.29. The Morgan fingerprint density at radius 3 is 2.53 bits per heavy atom. The highest BCUT2D eigenvalue weighted by Gasteiger charge is 2.19. The fourth-order valence-electron chi connectivity index (χ4n) is 2.18. The Labute approximate surface area is 101 Å². The highest BCUT2D eigenvalue weighted by Crippen LogP contribution is 2.26. The largest absolute Gasteiger partial charge is 0.481 e. The first kappa shape index (κ1) is 14.0. The van der Waals surface area contributed by atoms with Crippen LogP contribution in [0, 0.1) is 5.92 Å². The molecule has 1 aliphatic carbocycles. The third-order valence-electron chi connectivity index (χ3n) is 3.19.